The summed E-state index contributed by atoms with van der Waals surface area (Å²) in [4.78, 5) is 11.5. The molecule has 1 saturated heterocycles. The summed E-state index contributed by atoms with van der Waals surface area (Å²) in [6.45, 7) is 8.34. The maximum atomic E-state index is 11.5. The van der Waals surface area contributed by atoms with Crippen LogP contribution in [0.1, 0.15) is 66.2 Å². The van der Waals surface area contributed by atoms with Crippen LogP contribution in [0.25, 0.3) is 0 Å². The van der Waals surface area contributed by atoms with Crippen LogP contribution < -0.4 is 0 Å². The molecule has 27 heavy (non-hydrogen) atoms. The monoisotopic (exact) mass is 378 g/mol. The van der Waals surface area contributed by atoms with Gasteiger partial charge >= 0.3 is 5.97 Å². The lowest BCUT2D eigenvalue weighted by atomic mass is 9.39. The van der Waals surface area contributed by atoms with Crippen LogP contribution in [-0.2, 0) is 14.3 Å². The molecule has 4 aliphatic carbocycles. The molecule has 152 valence electrons. The molecule has 1 aliphatic heterocycles. The summed E-state index contributed by atoms with van der Waals surface area (Å²) in [5, 5.41) is 22.4. The molecular formula is C22H34O5. The van der Waals surface area contributed by atoms with Gasteiger partial charge in [-0.3, -0.25) is 4.79 Å². The average molecular weight is 379 g/mol. The summed E-state index contributed by atoms with van der Waals surface area (Å²) in [5.41, 5.74) is -0.609. The van der Waals surface area contributed by atoms with Gasteiger partial charge in [-0.2, -0.15) is 0 Å². The van der Waals surface area contributed by atoms with Gasteiger partial charge in [-0.05, 0) is 68.6 Å². The lowest BCUT2D eigenvalue weighted by molar-refractivity contribution is -0.242. The summed E-state index contributed by atoms with van der Waals surface area (Å²) in [5.74, 6) is 0.825. The Balaban J connectivity index is 1.54. The third-order valence-corrected chi connectivity index (χ3v) is 9.96. The Bertz CT molecular complexity index is 680. The van der Waals surface area contributed by atoms with E-state index in [9.17, 15) is 15.0 Å². The Morgan fingerprint density at radius 1 is 1.11 bits per heavy atom. The van der Waals surface area contributed by atoms with E-state index in [1.807, 2.05) is 0 Å². The second-order valence-electron chi connectivity index (χ2n) is 11.0. The van der Waals surface area contributed by atoms with Crippen LogP contribution in [0, 0.1) is 34.0 Å². The lowest BCUT2D eigenvalue weighted by Crippen LogP contribution is -2.66. The minimum atomic E-state index is -0.509. The number of rotatable bonds is 2. The fourth-order valence-corrected chi connectivity index (χ4v) is 8.54. The highest BCUT2D eigenvalue weighted by atomic mass is 16.6. The molecule has 5 heteroatoms. The fourth-order valence-electron chi connectivity index (χ4n) is 8.54. The molecule has 0 radical (unpaired) electrons. The van der Waals surface area contributed by atoms with Crippen molar-refractivity contribution in [3.63, 3.8) is 0 Å². The molecule has 1 heterocycles. The maximum Gasteiger partial charge on any atom is 0.302 e. The SMILES string of the molecule is CC(=O)OC[C@]1(C)[C@H]2C[C@H](O)[C@@]34C[C@@H](CC[C@H]3[C@]2(C)CC[C@H]1O)[C@]1(C)O[C@@H]14. The zero-order valence-electron chi connectivity index (χ0n) is 17.0. The first-order valence-corrected chi connectivity index (χ1v) is 10.8. The number of epoxide rings is 1. The highest BCUT2D eigenvalue weighted by Crippen LogP contribution is 2.77. The van der Waals surface area contributed by atoms with Gasteiger partial charge in [0.2, 0.25) is 0 Å². The first-order chi connectivity index (χ1) is 12.6. The van der Waals surface area contributed by atoms with Crippen LogP contribution in [0.3, 0.4) is 0 Å². The molecule has 0 aromatic rings. The highest BCUT2D eigenvalue weighted by Gasteiger charge is 2.81. The Labute approximate surface area is 161 Å². The van der Waals surface area contributed by atoms with Crippen molar-refractivity contribution >= 4 is 5.97 Å². The van der Waals surface area contributed by atoms with Crippen LogP contribution in [0.15, 0.2) is 0 Å². The van der Waals surface area contributed by atoms with Crippen LogP contribution in [0.2, 0.25) is 0 Å². The molecule has 5 rings (SSSR count). The van der Waals surface area contributed by atoms with Gasteiger partial charge in [0, 0.05) is 17.8 Å². The minimum Gasteiger partial charge on any atom is -0.465 e. The van der Waals surface area contributed by atoms with Crippen molar-refractivity contribution in [1.29, 1.82) is 0 Å². The first kappa shape index (κ1) is 18.4. The van der Waals surface area contributed by atoms with Crippen molar-refractivity contribution in [2.75, 3.05) is 6.61 Å². The fraction of sp³-hybridized carbons (Fsp3) is 0.955. The van der Waals surface area contributed by atoms with E-state index in [0.29, 0.717) is 18.3 Å². The van der Waals surface area contributed by atoms with Gasteiger partial charge in [0.05, 0.1) is 30.5 Å². The standard InChI is InChI=1S/C22H34O5/c1-12(23)26-11-20(3)15-9-17(25)22-10-13(21(4)18(22)27-21)5-6-14(22)19(15,2)8-7-16(20)24/h13-18,24-25H,5-11H2,1-4H3/t13-,14+,15+,16-,17+,18+,19+,20-,21+,22-/m1/s1. The quantitative estimate of drug-likeness (QED) is 0.570. The van der Waals surface area contributed by atoms with Gasteiger partial charge in [-0.1, -0.05) is 13.8 Å². The van der Waals surface area contributed by atoms with Gasteiger partial charge < -0.3 is 19.7 Å². The number of hydrogen-bond acceptors (Lipinski definition) is 5. The summed E-state index contributed by atoms with van der Waals surface area (Å²) >= 11 is 0. The van der Waals surface area contributed by atoms with Crippen LogP contribution in [-0.4, -0.2) is 46.7 Å². The summed E-state index contributed by atoms with van der Waals surface area (Å²) < 4.78 is 11.7. The van der Waals surface area contributed by atoms with E-state index in [4.69, 9.17) is 9.47 Å². The predicted octanol–water partition coefficient (Wildman–Crippen LogP) is 2.67. The van der Waals surface area contributed by atoms with Crippen molar-refractivity contribution in [3.8, 4) is 0 Å². The maximum absolute atomic E-state index is 11.5. The van der Waals surface area contributed by atoms with E-state index in [1.54, 1.807) is 0 Å². The van der Waals surface area contributed by atoms with E-state index in [1.165, 1.54) is 13.3 Å². The number of hydrogen-bond donors (Lipinski definition) is 2. The summed E-state index contributed by atoms with van der Waals surface area (Å²) in [6, 6.07) is 0. The van der Waals surface area contributed by atoms with Gasteiger partial charge in [-0.25, -0.2) is 0 Å². The Kier molecular flexibility index (Phi) is 3.60. The number of esters is 1. The molecule has 5 aliphatic rings. The second-order valence-corrected chi connectivity index (χ2v) is 11.0. The molecule has 1 spiro atoms. The van der Waals surface area contributed by atoms with Gasteiger partial charge in [0.15, 0.2) is 0 Å². The van der Waals surface area contributed by atoms with Crippen molar-refractivity contribution in [3.05, 3.63) is 0 Å². The third kappa shape index (κ3) is 2.04. The van der Waals surface area contributed by atoms with Crippen molar-refractivity contribution in [2.45, 2.75) is 90.1 Å². The van der Waals surface area contributed by atoms with Crippen LogP contribution in [0.4, 0.5) is 0 Å². The molecule has 2 bridgehead atoms. The summed E-state index contributed by atoms with van der Waals surface area (Å²) in [7, 11) is 0. The normalized spacial score (nSPS) is 60.8. The Hall–Kier alpha value is -0.650. The van der Waals surface area contributed by atoms with Crippen molar-refractivity contribution in [1.82, 2.24) is 0 Å². The highest BCUT2D eigenvalue weighted by molar-refractivity contribution is 5.65. The van der Waals surface area contributed by atoms with E-state index in [2.05, 4.69) is 20.8 Å². The van der Waals surface area contributed by atoms with Gasteiger partial charge in [0.1, 0.15) is 0 Å². The van der Waals surface area contributed by atoms with Gasteiger partial charge in [-0.15, -0.1) is 0 Å². The second kappa shape index (κ2) is 5.28. The predicted molar refractivity (Wildman–Crippen MR) is 98.7 cm³/mol. The molecule has 5 nitrogen and oxygen atoms in total. The topological polar surface area (TPSA) is 79.3 Å². The number of carbonyl (C=O) groups is 1. The minimum absolute atomic E-state index is 0.0197. The van der Waals surface area contributed by atoms with Crippen molar-refractivity contribution < 1.29 is 24.5 Å². The number of fused-ring (bicyclic) bond motifs is 5. The van der Waals surface area contributed by atoms with E-state index in [0.717, 1.165) is 25.7 Å². The lowest BCUT2D eigenvalue weighted by Gasteiger charge is -2.66. The van der Waals surface area contributed by atoms with Crippen LogP contribution >= 0.6 is 0 Å². The number of aliphatic hydroxyl groups is 2. The van der Waals surface area contributed by atoms with Crippen molar-refractivity contribution in [2.24, 2.45) is 34.0 Å². The zero-order valence-corrected chi connectivity index (χ0v) is 17.0. The number of aliphatic hydroxyl groups excluding tert-OH is 2. The molecule has 2 N–H and O–H groups in total. The largest absolute Gasteiger partial charge is 0.465 e. The molecule has 5 fully saturated rings. The molecule has 4 saturated carbocycles. The van der Waals surface area contributed by atoms with Crippen LogP contribution in [0.5, 0.6) is 0 Å². The first-order valence-electron chi connectivity index (χ1n) is 10.8. The Morgan fingerprint density at radius 3 is 2.56 bits per heavy atom. The molecule has 0 amide bonds. The number of carbonyl (C=O) groups excluding carboxylic acids is 1. The molecule has 0 unspecified atom stereocenters. The molecular weight excluding hydrogens is 344 g/mol. The summed E-state index contributed by atoms with van der Waals surface area (Å²) in [6.07, 6.45) is 5.08. The molecule has 0 aromatic carbocycles. The zero-order chi connectivity index (χ0) is 19.4. The van der Waals surface area contributed by atoms with E-state index < -0.39 is 17.6 Å². The van der Waals surface area contributed by atoms with Gasteiger partial charge in [0.25, 0.3) is 0 Å². The van der Waals surface area contributed by atoms with E-state index >= 15 is 0 Å². The van der Waals surface area contributed by atoms with E-state index in [-0.39, 0.29) is 41.0 Å². The smallest absolute Gasteiger partial charge is 0.302 e. The Morgan fingerprint density at radius 2 is 1.85 bits per heavy atom. The molecule has 0 aromatic heterocycles. The third-order valence-electron chi connectivity index (χ3n) is 9.96. The number of ether oxygens (including phenoxy) is 2. The molecule has 10 atom stereocenters. The average Bonchev–Trinajstić information content (AvgIpc) is 3.28.